The Kier molecular flexibility index (Phi) is 2.89. The average molecular weight is 276 g/mol. The topological polar surface area (TPSA) is 20.2 Å². The zero-order chi connectivity index (χ0) is 13.9. The SMILES string of the molecule is C[C@]12CCC3C4=C(CCC3C1CC=C2F)C[C@@H](O)CC4. The lowest BCUT2D eigenvalue weighted by molar-refractivity contribution is 0.0384. The molecule has 0 spiro atoms. The molecule has 1 nitrogen and oxygen atoms in total. The molecule has 4 aliphatic rings. The molecule has 0 saturated heterocycles. The van der Waals surface area contributed by atoms with Crippen LogP contribution in [0.2, 0.25) is 0 Å². The van der Waals surface area contributed by atoms with Crippen molar-refractivity contribution >= 4 is 0 Å². The van der Waals surface area contributed by atoms with Crippen molar-refractivity contribution in [2.45, 2.75) is 64.4 Å². The molecule has 4 rings (SSSR count). The summed E-state index contributed by atoms with van der Waals surface area (Å²) in [5, 5.41) is 9.88. The Balaban J connectivity index is 1.64. The van der Waals surface area contributed by atoms with E-state index in [1.54, 1.807) is 11.1 Å². The maximum Gasteiger partial charge on any atom is 0.102 e. The molecule has 0 bridgehead atoms. The van der Waals surface area contributed by atoms with Gasteiger partial charge >= 0.3 is 0 Å². The van der Waals surface area contributed by atoms with Crippen LogP contribution in [0.1, 0.15) is 58.3 Å². The maximum atomic E-state index is 14.2. The lowest BCUT2D eigenvalue weighted by atomic mass is 9.54. The van der Waals surface area contributed by atoms with E-state index in [0.29, 0.717) is 17.8 Å². The van der Waals surface area contributed by atoms with Crippen molar-refractivity contribution in [2.75, 3.05) is 0 Å². The Hall–Kier alpha value is -0.630. The molecule has 0 amide bonds. The smallest absolute Gasteiger partial charge is 0.102 e. The first-order chi connectivity index (χ1) is 9.59. The lowest BCUT2D eigenvalue weighted by Crippen LogP contribution is -2.42. The van der Waals surface area contributed by atoms with Gasteiger partial charge in [-0.3, -0.25) is 0 Å². The quantitative estimate of drug-likeness (QED) is 0.645. The summed E-state index contributed by atoms with van der Waals surface area (Å²) in [5.41, 5.74) is 3.06. The molecule has 0 radical (unpaired) electrons. The molecule has 0 heterocycles. The fraction of sp³-hybridized carbons (Fsp3) is 0.778. The van der Waals surface area contributed by atoms with Gasteiger partial charge in [-0.15, -0.1) is 0 Å². The highest BCUT2D eigenvalue weighted by Crippen LogP contribution is 2.61. The summed E-state index contributed by atoms with van der Waals surface area (Å²) in [4.78, 5) is 0. The summed E-state index contributed by atoms with van der Waals surface area (Å²) in [6.07, 6.45) is 10.2. The van der Waals surface area contributed by atoms with Crippen molar-refractivity contribution in [1.29, 1.82) is 0 Å². The first-order valence-electron chi connectivity index (χ1n) is 8.34. The Morgan fingerprint density at radius 2 is 2.10 bits per heavy atom. The molecule has 3 unspecified atom stereocenters. The van der Waals surface area contributed by atoms with Crippen LogP contribution in [0.3, 0.4) is 0 Å². The Bertz CT molecular complexity index is 492. The largest absolute Gasteiger partial charge is 0.393 e. The van der Waals surface area contributed by atoms with E-state index in [-0.39, 0.29) is 17.3 Å². The van der Waals surface area contributed by atoms with Crippen molar-refractivity contribution in [3.05, 3.63) is 23.0 Å². The third-order valence-electron chi connectivity index (χ3n) is 6.83. The van der Waals surface area contributed by atoms with E-state index < -0.39 is 0 Å². The first-order valence-corrected chi connectivity index (χ1v) is 8.34. The number of rotatable bonds is 0. The number of aliphatic hydroxyl groups excluding tert-OH is 1. The molecule has 110 valence electrons. The maximum absolute atomic E-state index is 14.2. The standard InChI is InChI=1S/C18H25FO/c1-18-9-8-14-13-5-3-12(20)10-11(13)2-4-15(14)16(18)6-7-17(18)19/h7,12,14-16,20H,2-6,8-10H2,1H3/t12-,14?,15?,16?,18-/m0/s1. The Morgan fingerprint density at radius 1 is 1.25 bits per heavy atom. The predicted molar refractivity (Wildman–Crippen MR) is 77.7 cm³/mol. The minimum Gasteiger partial charge on any atom is -0.393 e. The second-order valence-corrected chi connectivity index (χ2v) is 7.68. The number of allylic oxidation sites excluding steroid dienone is 3. The van der Waals surface area contributed by atoms with E-state index in [1.165, 1.54) is 6.42 Å². The van der Waals surface area contributed by atoms with Crippen LogP contribution < -0.4 is 0 Å². The van der Waals surface area contributed by atoms with Crippen LogP contribution in [0.15, 0.2) is 23.0 Å². The van der Waals surface area contributed by atoms with E-state index in [9.17, 15) is 9.50 Å². The van der Waals surface area contributed by atoms with Gasteiger partial charge in [-0.1, -0.05) is 24.1 Å². The van der Waals surface area contributed by atoms with Crippen molar-refractivity contribution in [1.82, 2.24) is 0 Å². The zero-order valence-corrected chi connectivity index (χ0v) is 12.4. The van der Waals surface area contributed by atoms with Gasteiger partial charge in [-0.2, -0.15) is 0 Å². The van der Waals surface area contributed by atoms with Crippen LogP contribution in [-0.4, -0.2) is 11.2 Å². The zero-order valence-electron chi connectivity index (χ0n) is 12.4. The third kappa shape index (κ3) is 1.70. The van der Waals surface area contributed by atoms with Crippen LogP contribution in [0.25, 0.3) is 0 Å². The number of halogens is 1. The number of aliphatic hydroxyl groups is 1. The molecular weight excluding hydrogens is 251 g/mol. The molecule has 0 aromatic rings. The molecule has 0 aromatic carbocycles. The van der Waals surface area contributed by atoms with Crippen LogP contribution in [0.4, 0.5) is 4.39 Å². The van der Waals surface area contributed by atoms with Gasteiger partial charge in [0.2, 0.25) is 0 Å². The van der Waals surface area contributed by atoms with E-state index in [1.807, 2.05) is 6.08 Å². The molecule has 1 N–H and O–H groups in total. The summed E-state index contributed by atoms with van der Waals surface area (Å²) < 4.78 is 14.2. The molecule has 1 fully saturated rings. The molecule has 1 saturated carbocycles. The highest BCUT2D eigenvalue weighted by Gasteiger charge is 2.52. The summed E-state index contributed by atoms with van der Waals surface area (Å²) in [7, 11) is 0. The minimum absolute atomic E-state index is 0.107. The first kappa shape index (κ1) is 13.1. The van der Waals surface area contributed by atoms with E-state index in [0.717, 1.165) is 44.9 Å². The van der Waals surface area contributed by atoms with Crippen molar-refractivity contribution in [3.8, 4) is 0 Å². The fourth-order valence-electron chi connectivity index (χ4n) is 5.71. The molecule has 2 heteroatoms. The number of hydrogen-bond acceptors (Lipinski definition) is 1. The van der Waals surface area contributed by atoms with Gasteiger partial charge in [-0.25, -0.2) is 4.39 Å². The van der Waals surface area contributed by atoms with Crippen molar-refractivity contribution in [2.24, 2.45) is 23.2 Å². The summed E-state index contributed by atoms with van der Waals surface area (Å²) in [5.74, 6) is 2.08. The molecular formula is C18H25FO. The fourth-order valence-corrected chi connectivity index (χ4v) is 5.71. The van der Waals surface area contributed by atoms with E-state index in [4.69, 9.17) is 0 Å². The van der Waals surface area contributed by atoms with E-state index in [2.05, 4.69) is 6.92 Å². The summed E-state index contributed by atoms with van der Waals surface area (Å²) in [6, 6.07) is 0. The highest BCUT2D eigenvalue weighted by atomic mass is 19.1. The molecule has 4 aliphatic carbocycles. The normalized spacial score (nSPS) is 47.5. The minimum atomic E-state index is -0.159. The van der Waals surface area contributed by atoms with Crippen LogP contribution in [-0.2, 0) is 0 Å². The second kappa shape index (κ2) is 4.43. The van der Waals surface area contributed by atoms with Crippen LogP contribution in [0, 0.1) is 23.2 Å². The molecule has 0 aliphatic heterocycles. The Labute approximate surface area is 121 Å². The van der Waals surface area contributed by atoms with Gasteiger partial charge in [0.1, 0.15) is 5.83 Å². The van der Waals surface area contributed by atoms with Crippen LogP contribution >= 0.6 is 0 Å². The predicted octanol–water partition coefficient (Wildman–Crippen LogP) is 4.53. The monoisotopic (exact) mass is 276 g/mol. The molecule has 20 heavy (non-hydrogen) atoms. The van der Waals surface area contributed by atoms with Gasteiger partial charge in [0.15, 0.2) is 0 Å². The van der Waals surface area contributed by atoms with Gasteiger partial charge in [0.25, 0.3) is 0 Å². The highest BCUT2D eigenvalue weighted by molar-refractivity contribution is 5.29. The molecule has 0 aromatic heterocycles. The summed E-state index contributed by atoms with van der Waals surface area (Å²) in [6.45, 7) is 2.15. The number of fused-ring (bicyclic) bond motifs is 4. The van der Waals surface area contributed by atoms with Crippen LogP contribution in [0.5, 0.6) is 0 Å². The third-order valence-corrected chi connectivity index (χ3v) is 6.83. The van der Waals surface area contributed by atoms with Gasteiger partial charge < -0.3 is 5.11 Å². The lowest BCUT2D eigenvalue weighted by Gasteiger charge is -2.50. The second-order valence-electron chi connectivity index (χ2n) is 7.68. The number of hydrogen-bond donors (Lipinski definition) is 1. The van der Waals surface area contributed by atoms with E-state index >= 15 is 0 Å². The van der Waals surface area contributed by atoms with Gasteiger partial charge in [-0.05, 0) is 69.1 Å². The van der Waals surface area contributed by atoms with Crippen molar-refractivity contribution in [3.63, 3.8) is 0 Å². The van der Waals surface area contributed by atoms with Crippen molar-refractivity contribution < 1.29 is 9.50 Å². The van der Waals surface area contributed by atoms with Gasteiger partial charge in [0, 0.05) is 5.41 Å². The van der Waals surface area contributed by atoms with Gasteiger partial charge in [0.05, 0.1) is 6.10 Å². The Morgan fingerprint density at radius 3 is 2.95 bits per heavy atom. The molecule has 5 atom stereocenters. The summed E-state index contributed by atoms with van der Waals surface area (Å²) >= 11 is 0. The average Bonchev–Trinajstić information content (AvgIpc) is 2.74.